The van der Waals surface area contributed by atoms with E-state index in [-0.39, 0.29) is 11.6 Å². The summed E-state index contributed by atoms with van der Waals surface area (Å²) in [5.74, 6) is 0. The molecule has 2 atom stereocenters. The summed E-state index contributed by atoms with van der Waals surface area (Å²) in [5.41, 5.74) is -0.293. The lowest BCUT2D eigenvalue weighted by atomic mass is 9.76. The fourth-order valence-corrected chi connectivity index (χ4v) is 3.49. The van der Waals surface area contributed by atoms with E-state index in [1.165, 1.54) is 6.42 Å². The summed E-state index contributed by atoms with van der Waals surface area (Å²) < 4.78 is 5.57. The molecule has 0 aromatic heterocycles. The minimum Gasteiger partial charge on any atom is -0.444 e. The number of amides is 1. The summed E-state index contributed by atoms with van der Waals surface area (Å²) in [7, 11) is 2.19. The summed E-state index contributed by atoms with van der Waals surface area (Å²) >= 11 is 0. The van der Waals surface area contributed by atoms with Crippen LogP contribution in [0, 0.1) is 0 Å². The molecule has 0 aromatic rings. The number of hydrogen-bond donors (Lipinski definition) is 0. The molecule has 0 N–H and O–H groups in total. The summed E-state index contributed by atoms with van der Waals surface area (Å²) in [6.45, 7) is 10.1. The van der Waals surface area contributed by atoms with Crippen LogP contribution in [0.15, 0.2) is 0 Å². The second kappa shape index (κ2) is 4.97. The molecule has 0 unspecified atom stereocenters. The van der Waals surface area contributed by atoms with Gasteiger partial charge in [-0.2, -0.15) is 0 Å². The van der Waals surface area contributed by atoms with Gasteiger partial charge in [-0.05, 0) is 67.0 Å². The van der Waals surface area contributed by atoms with E-state index in [9.17, 15) is 4.79 Å². The molecule has 0 radical (unpaired) electrons. The highest BCUT2D eigenvalue weighted by Gasteiger charge is 2.47. The van der Waals surface area contributed by atoms with Gasteiger partial charge >= 0.3 is 6.09 Å². The predicted octanol–water partition coefficient (Wildman–Crippen LogP) is 2.87. The molecule has 4 nitrogen and oxygen atoms in total. The van der Waals surface area contributed by atoms with Gasteiger partial charge in [-0.3, -0.25) is 4.90 Å². The lowest BCUT2D eigenvalue weighted by Crippen LogP contribution is -2.66. The van der Waals surface area contributed by atoms with Crippen LogP contribution in [-0.2, 0) is 4.74 Å². The maximum Gasteiger partial charge on any atom is 0.410 e. The number of likely N-dealkylation sites (N-methyl/N-ethyl adjacent to an activating group) is 1. The third-order valence-electron chi connectivity index (χ3n) is 4.65. The Kier molecular flexibility index (Phi) is 3.83. The van der Waals surface area contributed by atoms with Gasteiger partial charge in [0.05, 0.1) is 6.04 Å². The van der Waals surface area contributed by atoms with Crippen LogP contribution in [0.4, 0.5) is 4.79 Å². The van der Waals surface area contributed by atoms with Crippen molar-refractivity contribution in [1.82, 2.24) is 9.80 Å². The number of hydrogen-bond acceptors (Lipinski definition) is 3. The van der Waals surface area contributed by atoms with E-state index in [4.69, 9.17) is 4.74 Å². The number of piperidine rings is 2. The molecule has 2 aliphatic heterocycles. The largest absolute Gasteiger partial charge is 0.444 e. The maximum absolute atomic E-state index is 12.4. The van der Waals surface area contributed by atoms with Crippen molar-refractivity contribution in [3.63, 3.8) is 0 Å². The van der Waals surface area contributed by atoms with E-state index in [0.29, 0.717) is 6.04 Å². The SMILES string of the molecule is CN1CCC[C@H]2N(C(=O)OC(C)(C)C)CCC[C@@]21C. The molecule has 0 aromatic carbocycles. The van der Waals surface area contributed by atoms with Gasteiger partial charge in [-0.1, -0.05) is 0 Å². The van der Waals surface area contributed by atoms with Crippen molar-refractivity contribution >= 4 is 6.09 Å². The second-order valence-electron chi connectivity index (χ2n) is 7.21. The van der Waals surface area contributed by atoms with Crippen LogP contribution in [0.3, 0.4) is 0 Å². The summed E-state index contributed by atoms with van der Waals surface area (Å²) in [4.78, 5) is 16.8. The lowest BCUT2D eigenvalue weighted by Gasteiger charge is -2.55. The molecule has 110 valence electrons. The van der Waals surface area contributed by atoms with Crippen LogP contribution in [-0.4, -0.2) is 53.2 Å². The second-order valence-corrected chi connectivity index (χ2v) is 7.21. The first-order valence-electron chi connectivity index (χ1n) is 7.45. The standard InChI is InChI=1S/C15H28N2O2/c1-14(2,3)19-13(18)17-11-7-9-15(4)12(17)8-6-10-16(15)5/h12H,6-11H2,1-5H3/t12-,15+/m1/s1. The quantitative estimate of drug-likeness (QED) is 0.677. The third-order valence-corrected chi connectivity index (χ3v) is 4.65. The van der Waals surface area contributed by atoms with Gasteiger partial charge in [-0.25, -0.2) is 4.79 Å². The minimum absolute atomic E-state index is 0.118. The minimum atomic E-state index is -0.411. The van der Waals surface area contributed by atoms with Crippen molar-refractivity contribution in [2.75, 3.05) is 20.1 Å². The van der Waals surface area contributed by atoms with Crippen LogP contribution >= 0.6 is 0 Å². The van der Waals surface area contributed by atoms with E-state index in [1.54, 1.807) is 0 Å². The Labute approximate surface area is 117 Å². The van der Waals surface area contributed by atoms with E-state index in [1.807, 2.05) is 25.7 Å². The normalized spacial score (nSPS) is 32.9. The summed E-state index contributed by atoms with van der Waals surface area (Å²) in [6.07, 6.45) is 4.36. The van der Waals surface area contributed by atoms with E-state index in [0.717, 1.165) is 32.4 Å². The van der Waals surface area contributed by atoms with Crippen LogP contribution in [0.1, 0.15) is 53.4 Å². The molecule has 0 saturated carbocycles. The Balaban J connectivity index is 2.15. The molecule has 2 saturated heterocycles. The predicted molar refractivity (Wildman–Crippen MR) is 76.2 cm³/mol. The molecule has 0 bridgehead atoms. The van der Waals surface area contributed by atoms with Crippen molar-refractivity contribution in [2.24, 2.45) is 0 Å². The molecule has 19 heavy (non-hydrogen) atoms. The van der Waals surface area contributed by atoms with Gasteiger partial charge in [-0.15, -0.1) is 0 Å². The highest BCUT2D eigenvalue weighted by molar-refractivity contribution is 5.69. The number of carbonyl (C=O) groups excluding carboxylic acids is 1. The van der Waals surface area contributed by atoms with Gasteiger partial charge < -0.3 is 9.64 Å². The smallest absolute Gasteiger partial charge is 0.410 e. The number of nitrogens with zero attached hydrogens (tertiary/aromatic N) is 2. The number of carbonyl (C=O) groups is 1. The Morgan fingerprint density at radius 1 is 1.26 bits per heavy atom. The highest BCUT2D eigenvalue weighted by atomic mass is 16.6. The number of ether oxygens (including phenoxy) is 1. The van der Waals surface area contributed by atoms with Crippen molar-refractivity contribution in [1.29, 1.82) is 0 Å². The first-order valence-corrected chi connectivity index (χ1v) is 7.45. The van der Waals surface area contributed by atoms with Crippen LogP contribution < -0.4 is 0 Å². The molecule has 2 heterocycles. The molecule has 4 heteroatoms. The molecule has 2 aliphatic rings. The van der Waals surface area contributed by atoms with Crippen LogP contribution in [0.25, 0.3) is 0 Å². The average molecular weight is 268 g/mol. The van der Waals surface area contributed by atoms with Crippen LogP contribution in [0.2, 0.25) is 0 Å². The molecule has 0 spiro atoms. The maximum atomic E-state index is 12.4. The Bertz CT molecular complexity index is 351. The molecular formula is C15H28N2O2. The Morgan fingerprint density at radius 2 is 1.95 bits per heavy atom. The molecular weight excluding hydrogens is 240 g/mol. The monoisotopic (exact) mass is 268 g/mol. The first kappa shape index (κ1) is 14.6. The summed E-state index contributed by atoms with van der Waals surface area (Å²) in [6, 6.07) is 0.301. The number of rotatable bonds is 0. The van der Waals surface area contributed by atoms with Crippen molar-refractivity contribution in [3.8, 4) is 0 Å². The number of likely N-dealkylation sites (tertiary alicyclic amines) is 2. The zero-order valence-corrected chi connectivity index (χ0v) is 13.0. The van der Waals surface area contributed by atoms with E-state index in [2.05, 4.69) is 18.9 Å². The number of fused-ring (bicyclic) bond motifs is 1. The van der Waals surface area contributed by atoms with Crippen LogP contribution in [0.5, 0.6) is 0 Å². The van der Waals surface area contributed by atoms with Gasteiger partial charge in [0.1, 0.15) is 5.60 Å². The summed E-state index contributed by atoms with van der Waals surface area (Å²) in [5, 5.41) is 0. The fraction of sp³-hybridized carbons (Fsp3) is 0.933. The van der Waals surface area contributed by atoms with Gasteiger partial charge in [0.15, 0.2) is 0 Å². The van der Waals surface area contributed by atoms with Crippen molar-refractivity contribution < 1.29 is 9.53 Å². The first-order chi connectivity index (χ1) is 8.74. The van der Waals surface area contributed by atoms with E-state index >= 15 is 0 Å². The molecule has 1 amide bonds. The van der Waals surface area contributed by atoms with Gasteiger partial charge in [0, 0.05) is 12.1 Å². The third kappa shape index (κ3) is 2.88. The van der Waals surface area contributed by atoms with E-state index < -0.39 is 5.60 Å². The Morgan fingerprint density at radius 3 is 2.58 bits per heavy atom. The zero-order chi connectivity index (χ0) is 14.3. The van der Waals surface area contributed by atoms with Crippen molar-refractivity contribution in [2.45, 2.75) is 70.6 Å². The van der Waals surface area contributed by atoms with Gasteiger partial charge in [0.2, 0.25) is 0 Å². The molecule has 2 rings (SSSR count). The Hall–Kier alpha value is -0.770. The topological polar surface area (TPSA) is 32.8 Å². The van der Waals surface area contributed by atoms with Crippen molar-refractivity contribution in [3.05, 3.63) is 0 Å². The highest BCUT2D eigenvalue weighted by Crippen LogP contribution is 2.38. The average Bonchev–Trinajstić information content (AvgIpc) is 2.27. The van der Waals surface area contributed by atoms with Gasteiger partial charge in [0.25, 0.3) is 0 Å². The fourth-order valence-electron chi connectivity index (χ4n) is 3.49. The molecule has 0 aliphatic carbocycles. The lowest BCUT2D eigenvalue weighted by molar-refractivity contribution is -0.0561. The molecule has 2 fully saturated rings. The zero-order valence-electron chi connectivity index (χ0n) is 13.0.